The van der Waals surface area contributed by atoms with Gasteiger partial charge in [-0.3, -0.25) is 4.79 Å². The van der Waals surface area contributed by atoms with Crippen LogP contribution in [0.5, 0.6) is 23.0 Å². The fraction of sp³-hybridized carbons (Fsp3) is 0.540. The maximum Gasteiger partial charge on any atom is 0.306 e. The lowest BCUT2D eigenvalue weighted by atomic mass is 9.91. The molecule has 438 valence electrons. The summed E-state index contributed by atoms with van der Waals surface area (Å²) in [7, 11) is 3.97. The third-order valence-corrected chi connectivity index (χ3v) is 21.6. The van der Waals surface area contributed by atoms with Gasteiger partial charge in [-0.05, 0) is 123 Å². The Morgan fingerprint density at radius 1 is 0.537 bits per heavy atom. The van der Waals surface area contributed by atoms with E-state index in [9.17, 15) is 4.79 Å². The van der Waals surface area contributed by atoms with Gasteiger partial charge in [0.25, 0.3) is 0 Å². The van der Waals surface area contributed by atoms with Crippen LogP contribution in [-0.2, 0) is 39.8 Å². The number of rotatable bonds is 37. The van der Waals surface area contributed by atoms with E-state index in [0.717, 1.165) is 68.6 Å². The van der Waals surface area contributed by atoms with Crippen LogP contribution >= 0.6 is 68.6 Å². The van der Waals surface area contributed by atoms with E-state index in [1.54, 1.807) is 47.0 Å². The molecule has 0 amide bonds. The Kier molecular flexibility index (Phi) is 28.4. The molecule has 1 atom stereocenters. The number of carbonyl (C=O) groups is 1. The average Bonchev–Trinajstić information content (AvgIpc) is 4.26. The van der Waals surface area contributed by atoms with Crippen molar-refractivity contribution in [2.45, 2.75) is 123 Å². The molecule has 0 radical (unpaired) electrons. The Labute approximate surface area is 502 Å². The van der Waals surface area contributed by atoms with Crippen molar-refractivity contribution in [2.75, 3.05) is 98.2 Å². The summed E-state index contributed by atoms with van der Waals surface area (Å²) in [6.07, 6.45) is 4.92. The van der Waals surface area contributed by atoms with Crippen molar-refractivity contribution >= 4 is 85.4 Å². The fourth-order valence-electron chi connectivity index (χ4n) is 8.99. The van der Waals surface area contributed by atoms with Gasteiger partial charge in [0.2, 0.25) is 0 Å². The van der Waals surface area contributed by atoms with Crippen LogP contribution in [0, 0.1) is 0 Å². The van der Waals surface area contributed by atoms with Crippen molar-refractivity contribution in [2.24, 2.45) is 0 Å². The fourth-order valence-corrected chi connectivity index (χ4v) is 16.8. The second kappa shape index (κ2) is 35.3. The first kappa shape index (κ1) is 64.5. The van der Waals surface area contributed by atoms with E-state index in [1.165, 1.54) is 48.0 Å². The lowest BCUT2D eigenvalue weighted by molar-refractivity contribution is -0.145. The molecule has 0 saturated carbocycles. The largest absolute Gasteiger partial charge is 0.491 e. The second-order valence-corrected chi connectivity index (χ2v) is 28.2. The van der Waals surface area contributed by atoms with Gasteiger partial charge in [-0.2, -0.15) is 0 Å². The Morgan fingerprint density at radius 3 is 1.62 bits per heavy atom. The van der Waals surface area contributed by atoms with E-state index in [-0.39, 0.29) is 24.4 Å². The lowest BCUT2D eigenvalue weighted by Gasteiger charge is -2.22. The molecule has 4 aromatic rings. The highest BCUT2D eigenvalue weighted by Gasteiger charge is 2.23. The third-order valence-electron chi connectivity index (χ3n) is 13.2. The van der Waals surface area contributed by atoms with Crippen LogP contribution in [0.2, 0.25) is 0 Å². The number of thioether (sulfide) groups is 4. The van der Waals surface area contributed by atoms with Crippen LogP contribution < -0.4 is 18.9 Å². The molecule has 3 heterocycles. The minimum Gasteiger partial charge on any atom is -0.491 e. The number of esters is 1. The van der Waals surface area contributed by atoms with Crippen LogP contribution in [0.3, 0.4) is 0 Å². The molecule has 17 heteroatoms. The summed E-state index contributed by atoms with van der Waals surface area (Å²) in [4.78, 5) is 15.0. The summed E-state index contributed by atoms with van der Waals surface area (Å²) in [6.45, 7) is 24.6. The van der Waals surface area contributed by atoms with E-state index in [2.05, 4.69) is 103 Å². The van der Waals surface area contributed by atoms with Crippen LogP contribution in [0.1, 0.15) is 139 Å². The summed E-state index contributed by atoms with van der Waals surface area (Å²) in [6, 6.07) is 22.8. The van der Waals surface area contributed by atoms with Crippen LogP contribution in [-0.4, -0.2) is 109 Å². The number of hydrogen-bond acceptors (Lipinski definition) is 17. The molecule has 0 spiro atoms. The molecule has 1 fully saturated rings. The minimum absolute atomic E-state index is 0.117. The number of benzene rings is 4. The van der Waals surface area contributed by atoms with Crippen molar-refractivity contribution in [1.82, 2.24) is 0 Å². The maximum atomic E-state index is 12.6. The van der Waals surface area contributed by atoms with Gasteiger partial charge < -0.3 is 47.4 Å². The number of ether oxygens (including phenoxy) is 10. The smallest absolute Gasteiger partial charge is 0.306 e. The molecule has 80 heavy (non-hydrogen) atoms. The third kappa shape index (κ3) is 21.2. The average molecular weight is 1210 g/mol. The molecule has 11 nitrogen and oxygen atoms in total. The highest BCUT2D eigenvalue weighted by Crippen LogP contribution is 2.55. The monoisotopic (exact) mass is 1210 g/mol. The quantitative estimate of drug-likeness (QED) is 0.0242. The van der Waals surface area contributed by atoms with Crippen molar-refractivity contribution < 1.29 is 52.2 Å². The Hall–Kier alpha value is -3.07. The number of unbranched alkanes of at least 4 members (excludes halogenated alkanes) is 1. The zero-order valence-electron chi connectivity index (χ0n) is 48.2. The van der Waals surface area contributed by atoms with Crippen LogP contribution in [0.15, 0.2) is 95.8 Å². The molecule has 0 bridgehead atoms. The van der Waals surface area contributed by atoms with E-state index >= 15 is 0 Å². The first-order valence-electron chi connectivity index (χ1n) is 28.4. The molecular weight excluding hydrogens is 1130 g/mol. The molecule has 0 aromatic heterocycles. The lowest BCUT2D eigenvalue weighted by Crippen LogP contribution is -2.14. The molecule has 1 unspecified atom stereocenters. The van der Waals surface area contributed by atoms with E-state index in [1.807, 2.05) is 51.9 Å². The van der Waals surface area contributed by atoms with Gasteiger partial charge in [0, 0.05) is 32.6 Å². The Bertz CT molecular complexity index is 2590. The van der Waals surface area contributed by atoms with E-state index in [0.29, 0.717) is 111 Å². The number of hydrogen-bond donors (Lipinski definition) is 0. The van der Waals surface area contributed by atoms with Gasteiger partial charge >= 0.3 is 5.97 Å². The topological polar surface area (TPSA) is 109 Å². The summed E-state index contributed by atoms with van der Waals surface area (Å²) in [5.41, 5.74) is 5.74. The highest BCUT2D eigenvalue weighted by atomic mass is 33.1. The number of carbonyl (C=O) groups excluding carboxylic acids is 1. The van der Waals surface area contributed by atoms with Crippen molar-refractivity contribution in [3.63, 3.8) is 0 Å². The predicted molar refractivity (Wildman–Crippen MR) is 340 cm³/mol. The van der Waals surface area contributed by atoms with Crippen LogP contribution in [0.25, 0.3) is 10.8 Å². The molecule has 7 rings (SSSR count). The summed E-state index contributed by atoms with van der Waals surface area (Å²) in [5, 5.41) is 7.18. The van der Waals surface area contributed by atoms with Gasteiger partial charge in [0.05, 0.1) is 74.5 Å². The molecule has 0 aliphatic carbocycles. The van der Waals surface area contributed by atoms with Gasteiger partial charge in [-0.15, -0.1) is 0 Å². The zero-order valence-corrected chi connectivity index (χ0v) is 53.1. The molecule has 3 aliphatic heterocycles. The van der Waals surface area contributed by atoms with Crippen LogP contribution in [0.4, 0.5) is 0 Å². The minimum atomic E-state index is -0.117. The maximum absolute atomic E-state index is 12.6. The van der Waals surface area contributed by atoms with Gasteiger partial charge in [0.1, 0.15) is 56.0 Å². The molecule has 3 aliphatic rings. The number of fused-ring (bicyclic) bond motifs is 1. The standard InChI is InChI=1S/C63H84O11S6/c1-43(2)53-15-12-16-54(44(3)4)60(53)72-32-29-67-26-30-70-49-19-20-55-48(37-49)13-11-17-58(55)71-31-27-65-22-24-68-39-51-41-75-62(78-51)63-76-42-52(79-63)40-69-25-23-66-28-33-73-61-56(45(5)6)35-47(36-57(61)46(7)8)38-74-59(64)18-10-9-14-50-21-34-77-80-50/h11-13,15-17,19-20,35-37,41-46,50H,9-10,14,18,21-34,38-40H2,1-8H3/b63-62-. The van der Waals surface area contributed by atoms with E-state index in [4.69, 9.17) is 47.4 Å². The van der Waals surface area contributed by atoms with Crippen molar-refractivity contribution in [1.29, 1.82) is 0 Å². The zero-order chi connectivity index (χ0) is 56.5. The van der Waals surface area contributed by atoms with Crippen molar-refractivity contribution in [3.8, 4) is 23.0 Å². The summed E-state index contributed by atoms with van der Waals surface area (Å²) >= 11 is 7.06. The van der Waals surface area contributed by atoms with Crippen molar-refractivity contribution in [3.05, 3.63) is 124 Å². The summed E-state index contributed by atoms with van der Waals surface area (Å²) in [5.74, 6) is 5.92. The first-order valence-corrected chi connectivity index (χ1v) is 34.2. The Morgan fingerprint density at radius 2 is 1.06 bits per heavy atom. The van der Waals surface area contributed by atoms with Gasteiger partial charge in [0.15, 0.2) is 0 Å². The molecule has 0 N–H and O–H groups in total. The summed E-state index contributed by atoms with van der Waals surface area (Å²) < 4.78 is 62.7. The molecular formula is C63H84O11S6. The molecule has 1 saturated heterocycles. The SMILES string of the molecule is CC(C)c1cc(COC(=O)CCCCC2CCSS2)cc(C(C)C)c1OCCOCCOCC1=CS/C(=C2\SC=C(COCCOCCOc3cccc4cc(OCCOCCOc5c(C(C)C)cccc5C(C)C)ccc34)S2)S1. The first-order chi connectivity index (χ1) is 38.9. The number of para-hydroxylation sites is 1. The normalized spacial score (nSPS) is 16.4. The van der Waals surface area contributed by atoms with E-state index < -0.39 is 0 Å². The second-order valence-electron chi connectivity index (χ2n) is 20.9. The highest BCUT2D eigenvalue weighted by molar-refractivity contribution is 8.77. The Balaban J connectivity index is 0.692. The van der Waals surface area contributed by atoms with Gasteiger partial charge in [-0.1, -0.05) is 161 Å². The molecule has 4 aromatic carbocycles. The van der Waals surface area contributed by atoms with Gasteiger partial charge in [-0.25, -0.2) is 0 Å². The predicted octanol–water partition coefficient (Wildman–Crippen LogP) is 16.9.